The second kappa shape index (κ2) is 7.07. The smallest absolute Gasteiger partial charge is 0.302 e. The largest absolute Gasteiger partial charge is 0.463 e. The zero-order valence-electron chi connectivity index (χ0n) is 12.5. The fourth-order valence-electron chi connectivity index (χ4n) is 2.52. The van der Waals surface area contributed by atoms with Gasteiger partial charge in [-0.2, -0.15) is 0 Å². The Labute approximate surface area is 125 Å². The first-order valence-corrected chi connectivity index (χ1v) is 7.29. The van der Waals surface area contributed by atoms with E-state index < -0.39 is 0 Å². The Morgan fingerprint density at radius 1 is 1.33 bits per heavy atom. The molecule has 4 nitrogen and oxygen atoms in total. The zero-order valence-corrected chi connectivity index (χ0v) is 12.5. The van der Waals surface area contributed by atoms with Crippen molar-refractivity contribution in [3.8, 4) is 0 Å². The minimum atomic E-state index is -0.288. The second-order valence-electron chi connectivity index (χ2n) is 5.15. The van der Waals surface area contributed by atoms with Crippen LogP contribution in [0.3, 0.4) is 0 Å². The van der Waals surface area contributed by atoms with E-state index in [0.717, 1.165) is 17.6 Å². The summed E-state index contributed by atoms with van der Waals surface area (Å²) in [7, 11) is 0. The maximum absolute atomic E-state index is 11.8. The molecule has 0 spiro atoms. The molecule has 0 saturated carbocycles. The van der Waals surface area contributed by atoms with Crippen LogP contribution in [0.15, 0.2) is 42.1 Å². The molecule has 1 aromatic carbocycles. The fraction of sp³-hybridized carbons (Fsp3) is 0.412. The van der Waals surface area contributed by atoms with Gasteiger partial charge in [0.15, 0.2) is 5.78 Å². The Bertz CT molecular complexity index is 536. The summed E-state index contributed by atoms with van der Waals surface area (Å²) in [6.45, 7) is 4.34. The van der Waals surface area contributed by atoms with Gasteiger partial charge in [0.1, 0.15) is 6.61 Å². The average molecular weight is 287 g/mol. The van der Waals surface area contributed by atoms with Crippen LogP contribution < -0.4 is 0 Å². The van der Waals surface area contributed by atoms with Gasteiger partial charge in [-0.3, -0.25) is 9.59 Å². The van der Waals surface area contributed by atoms with Crippen molar-refractivity contribution in [3.05, 3.63) is 47.7 Å². The molecule has 0 saturated heterocycles. The van der Waals surface area contributed by atoms with Crippen LogP contribution in [0, 0.1) is 0 Å². The van der Waals surface area contributed by atoms with Gasteiger partial charge in [0.05, 0.1) is 6.04 Å². The van der Waals surface area contributed by atoms with Gasteiger partial charge in [0.2, 0.25) is 0 Å². The molecule has 1 aliphatic heterocycles. The summed E-state index contributed by atoms with van der Waals surface area (Å²) in [5.41, 5.74) is 1.92. The molecule has 4 heteroatoms. The lowest BCUT2D eigenvalue weighted by Gasteiger charge is -2.33. The van der Waals surface area contributed by atoms with Crippen LogP contribution in [0.2, 0.25) is 0 Å². The van der Waals surface area contributed by atoms with Crippen molar-refractivity contribution < 1.29 is 14.3 Å². The van der Waals surface area contributed by atoms with Crippen molar-refractivity contribution >= 4 is 11.8 Å². The summed E-state index contributed by atoms with van der Waals surface area (Å²) in [6.07, 6.45) is 3.17. The van der Waals surface area contributed by atoms with E-state index in [1.165, 1.54) is 6.92 Å². The molecule has 0 radical (unpaired) electrons. The van der Waals surface area contributed by atoms with Gasteiger partial charge in [-0.15, -0.1) is 0 Å². The van der Waals surface area contributed by atoms with Gasteiger partial charge >= 0.3 is 5.97 Å². The Kier molecular flexibility index (Phi) is 5.14. The summed E-state index contributed by atoms with van der Waals surface area (Å²) in [4.78, 5) is 25.0. The molecule has 2 rings (SSSR count). The van der Waals surface area contributed by atoms with Crippen LogP contribution in [0.5, 0.6) is 0 Å². The first-order chi connectivity index (χ1) is 10.1. The minimum absolute atomic E-state index is 0.0512. The predicted octanol–water partition coefficient (Wildman–Crippen LogP) is 2.86. The molecule has 0 fully saturated rings. The molecular weight excluding hydrogens is 266 g/mol. The number of benzene rings is 1. The van der Waals surface area contributed by atoms with Crippen LogP contribution in [0.4, 0.5) is 0 Å². The highest BCUT2D eigenvalue weighted by molar-refractivity contribution is 5.95. The average Bonchev–Trinajstić information content (AvgIpc) is 2.49. The molecule has 21 heavy (non-hydrogen) atoms. The number of ketones is 1. The van der Waals surface area contributed by atoms with E-state index in [1.54, 1.807) is 0 Å². The molecule has 1 aliphatic rings. The number of hydrogen-bond donors (Lipinski definition) is 0. The maximum atomic E-state index is 11.8. The van der Waals surface area contributed by atoms with Gasteiger partial charge < -0.3 is 9.64 Å². The number of nitrogens with zero attached hydrogens (tertiary/aromatic N) is 1. The number of rotatable bonds is 5. The first-order valence-electron chi connectivity index (χ1n) is 7.29. The van der Waals surface area contributed by atoms with Crippen molar-refractivity contribution in [3.63, 3.8) is 0 Å². The molecule has 0 aromatic heterocycles. The van der Waals surface area contributed by atoms with Gasteiger partial charge in [0.25, 0.3) is 0 Å². The topological polar surface area (TPSA) is 46.6 Å². The van der Waals surface area contributed by atoms with E-state index in [4.69, 9.17) is 4.74 Å². The molecule has 1 atom stereocenters. The van der Waals surface area contributed by atoms with Gasteiger partial charge in [-0.1, -0.05) is 37.3 Å². The first kappa shape index (κ1) is 15.3. The number of allylic oxidation sites excluding steroid dienone is 1. The van der Waals surface area contributed by atoms with Crippen molar-refractivity contribution in [1.82, 2.24) is 4.90 Å². The lowest BCUT2D eigenvalue weighted by atomic mass is 9.99. The van der Waals surface area contributed by atoms with E-state index in [0.29, 0.717) is 19.6 Å². The summed E-state index contributed by atoms with van der Waals surface area (Å²) in [6, 6.07) is 9.88. The number of carbonyl (C=O) groups excluding carboxylic acids is 2. The Balaban J connectivity index is 2.25. The van der Waals surface area contributed by atoms with Crippen LogP contribution in [-0.2, 0) is 14.3 Å². The van der Waals surface area contributed by atoms with Crippen molar-refractivity contribution in [2.45, 2.75) is 32.7 Å². The van der Waals surface area contributed by atoms with Gasteiger partial charge in [-0.25, -0.2) is 0 Å². The molecule has 0 bridgehead atoms. The Hall–Kier alpha value is -2.10. The maximum Gasteiger partial charge on any atom is 0.302 e. The van der Waals surface area contributed by atoms with Crippen molar-refractivity contribution in [2.75, 3.05) is 13.2 Å². The molecule has 1 aromatic rings. The third kappa shape index (κ3) is 3.94. The Morgan fingerprint density at radius 2 is 2.05 bits per heavy atom. The van der Waals surface area contributed by atoms with E-state index in [9.17, 15) is 9.59 Å². The molecular formula is C17H21NO3. The van der Waals surface area contributed by atoms with E-state index in [-0.39, 0.29) is 17.8 Å². The number of esters is 1. The third-order valence-corrected chi connectivity index (χ3v) is 3.69. The van der Waals surface area contributed by atoms with Crippen molar-refractivity contribution in [1.29, 1.82) is 0 Å². The van der Waals surface area contributed by atoms with E-state index in [2.05, 4.69) is 4.90 Å². The monoisotopic (exact) mass is 287 g/mol. The van der Waals surface area contributed by atoms with Crippen LogP contribution in [0.1, 0.15) is 38.3 Å². The number of Topliss-reactive ketones (excluding diaryl/α,β-unsaturated/α-hetero) is 1. The summed E-state index contributed by atoms with van der Waals surface area (Å²) in [5.74, 6) is -0.0724. The molecule has 0 amide bonds. The minimum Gasteiger partial charge on any atom is -0.463 e. The molecule has 112 valence electrons. The molecule has 0 N–H and O–H groups in total. The number of hydrogen-bond acceptors (Lipinski definition) is 4. The number of carbonyl (C=O) groups is 2. The van der Waals surface area contributed by atoms with Crippen molar-refractivity contribution in [2.24, 2.45) is 0 Å². The molecule has 0 aliphatic carbocycles. The lowest BCUT2D eigenvalue weighted by molar-refractivity contribution is -0.142. The highest BCUT2D eigenvalue weighted by atomic mass is 16.5. The lowest BCUT2D eigenvalue weighted by Crippen LogP contribution is -2.34. The van der Waals surface area contributed by atoms with Crippen LogP contribution in [0.25, 0.3) is 0 Å². The standard InChI is InChI=1S/C17H21NO3/c1-3-14-11-18(10-9-17(14)20)16(12-21-13(2)19)15-7-5-4-6-8-15/h4-8,11,16H,3,9-10,12H2,1-2H3/t16-/m0/s1. The highest BCUT2D eigenvalue weighted by Gasteiger charge is 2.25. The fourth-order valence-corrected chi connectivity index (χ4v) is 2.52. The third-order valence-electron chi connectivity index (χ3n) is 3.69. The number of ether oxygens (including phenoxy) is 1. The molecule has 1 heterocycles. The van der Waals surface area contributed by atoms with Crippen LogP contribution in [-0.4, -0.2) is 29.8 Å². The zero-order chi connectivity index (χ0) is 15.2. The predicted molar refractivity (Wildman–Crippen MR) is 80.5 cm³/mol. The SMILES string of the molecule is CCC1=CN([C@@H](COC(C)=O)c2ccccc2)CCC1=O. The highest BCUT2D eigenvalue weighted by Crippen LogP contribution is 2.26. The second-order valence-corrected chi connectivity index (χ2v) is 5.15. The Morgan fingerprint density at radius 3 is 2.67 bits per heavy atom. The van der Waals surface area contributed by atoms with Crippen LogP contribution >= 0.6 is 0 Å². The van der Waals surface area contributed by atoms with Gasteiger partial charge in [-0.05, 0) is 12.0 Å². The van der Waals surface area contributed by atoms with E-state index in [1.807, 2.05) is 43.5 Å². The van der Waals surface area contributed by atoms with E-state index >= 15 is 0 Å². The summed E-state index contributed by atoms with van der Waals surface area (Å²) >= 11 is 0. The summed E-state index contributed by atoms with van der Waals surface area (Å²) in [5, 5.41) is 0. The normalized spacial score (nSPS) is 16.4. The summed E-state index contributed by atoms with van der Waals surface area (Å²) < 4.78 is 5.21. The molecule has 0 unspecified atom stereocenters. The quantitative estimate of drug-likeness (QED) is 0.781. The van der Waals surface area contributed by atoms with Gasteiger partial charge in [0, 0.05) is 31.7 Å².